The maximum atomic E-state index is 10.8. The Balaban J connectivity index is 1.40. The molecular formula is C18H24N4O3. The van der Waals surface area contributed by atoms with Gasteiger partial charge in [0.15, 0.2) is 5.82 Å². The quantitative estimate of drug-likeness (QED) is 0.750. The molecule has 0 spiro atoms. The van der Waals surface area contributed by atoms with Crippen molar-refractivity contribution >= 4 is 5.97 Å². The molecule has 2 N–H and O–H groups in total. The van der Waals surface area contributed by atoms with Crippen molar-refractivity contribution < 1.29 is 14.6 Å². The van der Waals surface area contributed by atoms with E-state index in [9.17, 15) is 4.79 Å². The molecule has 1 saturated heterocycles. The number of H-pyrrole nitrogens is 1. The number of carboxylic acid groups (broad SMARTS) is 1. The van der Waals surface area contributed by atoms with Gasteiger partial charge in [-0.1, -0.05) is 0 Å². The van der Waals surface area contributed by atoms with E-state index in [1.54, 1.807) is 24.3 Å². The van der Waals surface area contributed by atoms with Crippen molar-refractivity contribution in [2.75, 3.05) is 26.2 Å². The molecule has 0 amide bonds. The van der Waals surface area contributed by atoms with Crippen molar-refractivity contribution in [1.82, 2.24) is 20.1 Å². The van der Waals surface area contributed by atoms with Gasteiger partial charge < -0.3 is 14.7 Å². The Bertz CT molecular complexity index is 699. The van der Waals surface area contributed by atoms with Crippen LogP contribution in [0.15, 0.2) is 24.3 Å². The summed E-state index contributed by atoms with van der Waals surface area (Å²) < 4.78 is 5.70. The average Bonchev–Trinajstić information content (AvgIpc) is 3.06. The Morgan fingerprint density at radius 1 is 1.40 bits per heavy atom. The molecule has 7 nitrogen and oxygen atoms in total. The van der Waals surface area contributed by atoms with Crippen LogP contribution >= 0.6 is 0 Å². The van der Waals surface area contributed by atoms with Gasteiger partial charge in [-0.2, -0.15) is 5.10 Å². The zero-order valence-electron chi connectivity index (χ0n) is 14.4. The number of carbonyl (C=O) groups is 1. The van der Waals surface area contributed by atoms with Crippen molar-refractivity contribution in [2.45, 2.75) is 32.1 Å². The third kappa shape index (κ3) is 4.79. The van der Waals surface area contributed by atoms with Crippen molar-refractivity contribution in [3.05, 3.63) is 41.5 Å². The van der Waals surface area contributed by atoms with Gasteiger partial charge in [0.2, 0.25) is 0 Å². The highest BCUT2D eigenvalue weighted by Gasteiger charge is 2.23. The standard InChI is InChI=1S/C18H24N4O3/c1-13-19-17(21-20-13)15-4-2-9-22(12-15)10-3-11-25-16-7-5-14(6-8-16)18(23)24/h5-8,15H,2-4,9-12H2,1H3,(H,23,24)(H,19,20,21). The lowest BCUT2D eigenvalue weighted by molar-refractivity contribution is 0.0697. The number of nitrogens with one attached hydrogen (secondary N) is 1. The van der Waals surface area contributed by atoms with Gasteiger partial charge in [-0.05, 0) is 57.0 Å². The maximum absolute atomic E-state index is 10.8. The molecule has 2 aromatic rings. The van der Waals surface area contributed by atoms with Crippen molar-refractivity contribution in [3.8, 4) is 5.75 Å². The monoisotopic (exact) mass is 344 g/mol. The number of likely N-dealkylation sites (tertiary alicyclic amines) is 1. The summed E-state index contributed by atoms with van der Waals surface area (Å²) in [5.41, 5.74) is 0.272. The second kappa shape index (κ2) is 8.11. The van der Waals surface area contributed by atoms with Crippen LogP contribution in [0, 0.1) is 6.92 Å². The van der Waals surface area contributed by atoms with E-state index in [0.29, 0.717) is 18.3 Å². The number of carboxylic acids is 1. The fourth-order valence-corrected chi connectivity index (χ4v) is 3.18. The Morgan fingerprint density at radius 3 is 2.88 bits per heavy atom. The van der Waals surface area contributed by atoms with E-state index in [1.165, 1.54) is 0 Å². The lowest BCUT2D eigenvalue weighted by atomic mass is 9.97. The lowest BCUT2D eigenvalue weighted by Gasteiger charge is -2.31. The van der Waals surface area contributed by atoms with E-state index in [0.717, 1.165) is 50.5 Å². The fourth-order valence-electron chi connectivity index (χ4n) is 3.18. The molecule has 0 radical (unpaired) electrons. The summed E-state index contributed by atoms with van der Waals surface area (Å²) in [4.78, 5) is 17.7. The first-order chi connectivity index (χ1) is 12.1. The van der Waals surface area contributed by atoms with Gasteiger partial charge in [0, 0.05) is 19.0 Å². The first-order valence-electron chi connectivity index (χ1n) is 8.69. The second-order valence-electron chi connectivity index (χ2n) is 6.45. The van der Waals surface area contributed by atoms with E-state index in [4.69, 9.17) is 9.84 Å². The molecule has 1 atom stereocenters. The highest BCUT2D eigenvalue weighted by atomic mass is 16.5. The maximum Gasteiger partial charge on any atom is 0.335 e. The normalized spacial score (nSPS) is 18.2. The Hall–Kier alpha value is -2.41. The molecular weight excluding hydrogens is 320 g/mol. The predicted molar refractivity (Wildman–Crippen MR) is 93.0 cm³/mol. The van der Waals surface area contributed by atoms with Gasteiger partial charge in [-0.25, -0.2) is 9.78 Å². The van der Waals surface area contributed by atoms with Gasteiger partial charge in [0.25, 0.3) is 0 Å². The van der Waals surface area contributed by atoms with Crippen LogP contribution < -0.4 is 4.74 Å². The number of aryl methyl sites for hydroxylation is 1. The largest absolute Gasteiger partial charge is 0.494 e. The van der Waals surface area contributed by atoms with E-state index in [2.05, 4.69) is 20.1 Å². The number of aromatic amines is 1. The van der Waals surface area contributed by atoms with Crippen LogP contribution in [-0.4, -0.2) is 57.4 Å². The minimum Gasteiger partial charge on any atom is -0.494 e. The molecule has 134 valence electrons. The number of aromatic carboxylic acids is 1. The number of piperidine rings is 1. The SMILES string of the molecule is Cc1nc(C2CCCN(CCCOc3ccc(C(=O)O)cc3)C2)n[nH]1. The number of nitrogens with zero attached hydrogens (tertiary/aromatic N) is 3. The minimum absolute atomic E-state index is 0.272. The molecule has 1 fully saturated rings. The summed E-state index contributed by atoms with van der Waals surface area (Å²) in [6.45, 7) is 5.62. The Morgan fingerprint density at radius 2 is 2.20 bits per heavy atom. The first-order valence-corrected chi connectivity index (χ1v) is 8.69. The van der Waals surface area contributed by atoms with E-state index < -0.39 is 5.97 Å². The number of ether oxygens (including phenoxy) is 1. The molecule has 1 unspecified atom stereocenters. The summed E-state index contributed by atoms with van der Waals surface area (Å²) in [7, 11) is 0. The molecule has 1 aromatic heterocycles. The van der Waals surface area contributed by atoms with Gasteiger partial charge in [-0.3, -0.25) is 5.10 Å². The van der Waals surface area contributed by atoms with Crippen molar-refractivity contribution in [2.24, 2.45) is 0 Å². The van der Waals surface area contributed by atoms with Crippen LogP contribution in [0.4, 0.5) is 0 Å². The number of benzene rings is 1. The highest BCUT2D eigenvalue weighted by Crippen LogP contribution is 2.24. The third-order valence-electron chi connectivity index (χ3n) is 4.47. The van der Waals surface area contributed by atoms with Crippen LogP contribution in [0.2, 0.25) is 0 Å². The Labute approximate surface area is 147 Å². The van der Waals surface area contributed by atoms with Crippen LogP contribution in [-0.2, 0) is 0 Å². The molecule has 1 aromatic carbocycles. The Kier molecular flexibility index (Phi) is 5.65. The minimum atomic E-state index is -0.923. The van der Waals surface area contributed by atoms with Crippen molar-refractivity contribution in [3.63, 3.8) is 0 Å². The second-order valence-corrected chi connectivity index (χ2v) is 6.45. The van der Waals surface area contributed by atoms with Gasteiger partial charge in [0.05, 0.1) is 12.2 Å². The van der Waals surface area contributed by atoms with E-state index in [1.807, 2.05) is 6.92 Å². The van der Waals surface area contributed by atoms with Gasteiger partial charge in [-0.15, -0.1) is 0 Å². The number of hydrogen-bond donors (Lipinski definition) is 2. The number of aromatic nitrogens is 3. The van der Waals surface area contributed by atoms with Crippen LogP contribution in [0.1, 0.15) is 47.2 Å². The summed E-state index contributed by atoms with van der Waals surface area (Å²) in [5, 5.41) is 16.1. The third-order valence-corrected chi connectivity index (χ3v) is 4.47. The van der Waals surface area contributed by atoms with Crippen LogP contribution in [0.5, 0.6) is 5.75 Å². The zero-order valence-corrected chi connectivity index (χ0v) is 14.4. The van der Waals surface area contributed by atoms with Crippen molar-refractivity contribution in [1.29, 1.82) is 0 Å². The molecule has 2 heterocycles. The zero-order chi connectivity index (χ0) is 17.6. The average molecular weight is 344 g/mol. The molecule has 0 aliphatic carbocycles. The number of rotatable bonds is 7. The highest BCUT2D eigenvalue weighted by molar-refractivity contribution is 5.87. The van der Waals surface area contributed by atoms with Gasteiger partial charge in [0.1, 0.15) is 11.6 Å². The molecule has 1 aliphatic heterocycles. The molecule has 0 saturated carbocycles. The molecule has 25 heavy (non-hydrogen) atoms. The van der Waals surface area contributed by atoms with Crippen LogP contribution in [0.25, 0.3) is 0 Å². The van der Waals surface area contributed by atoms with Gasteiger partial charge >= 0.3 is 5.97 Å². The summed E-state index contributed by atoms with van der Waals surface area (Å²) in [6.07, 6.45) is 3.23. The lowest BCUT2D eigenvalue weighted by Crippen LogP contribution is -2.36. The van der Waals surface area contributed by atoms with E-state index in [-0.39, 0.29) is 5.56 Å². The fraction of sp³-hybridized carbons (Fsp3) is 0.500. The summed E-state index contributed by atoms with van der Waals surface area (Å²) in [5.74, 6) is 1.99. The van der Waals surface area contributed by atoms with E-state index >= 15 is 0 Å². The van der Waals surface area contributed by atoms with Crippen LogP contribution in [0.3, 0.4) is 0 Å². The topological polar surface area (TPSA) is 91.3 Å². The number of hydrogen-bond acceptors (Lipinski definition) is 5. The summed E-state index contributed by atoms with van der Waals surface area (Å²) >= 11 is 0. The first kappa shape index (κ1) is 17.4. The molecule has 0 bridgehead atoms. The smallest absolute Gasteiger partial charge is 0.335 e. The summed E-state index contributed by atoms with van der Waals surface area (Å²) in [6, 6.07) is 6.52. The molecule has 3 rings (SSSR count). The molecule has 1 aliphatic rings. The predicted octanol–water partition coefficient (Wildman–Crippen LogP) is 2.46. The molecule has 7 heteroatoms.